The van der Waals surface area contributed by atoms with Crippen LogP contribution in [0.3, 0.4) is 0 Å². The van der Waals surface area contributed by atoms with Crippen LogP contribution in [0.1, 0.15) is 16.3 Å². The molecule has 9 heteroatoms. The first-order valence-corrected chi connectivity index (χ1v) is 12.0. The van der Waals surface area contributed by atoms with Crippen LogP contribution in [0, 0.1) is 6.92 Å². The fourth-order valence-electron chi connectivity index (χ4n) is 3.01. The minimum absolute atomic E-state index is 0.124. The summed E-state index contributed by atoms with van der Waals surface area (Å²) in [6.45, 7) is 1.91. The Labute approximate surface area is 198 Å². The van der Waals surface area contributed by atoms with Crippen molar-refractivity contribution < 1.29 is 4.79 Å². The van der Waals surface area contributed by atoms with Crippen molar-refractivity contribution >= 4 is 57.9 Å². The van der Waals surface area contributed by atoms with Gasteiger partial charge in [0, 0.05) is 32.7 Å². The number of benzene rings is 2. The molecule has 158 valence electrons. The normalized spacial score (nSPS) is 10.9. The molecule has 2 heterocycles. The maximum atomic E-state index is 12.5. The van der Waals surface area contributed by atoms with Crippen LogP contribution in [0.25, 0.3) is 5.69 Å². The quantitative estimate of drug-likeness (QED) is 0.311. The molecule has 0 aliphatic carbocycles. The zero-order valence-electron chi connectivity index (χ0n) is 16.5. The molecule has 0 spiro atoms. The number of carbonyl (C=O) groups is 1. The smallest absolute Gasteiger partial charge is 0.234 e. The van der Waals surface area contributed by atoms with E-state index in [4.69, 9.17) is 23.2 Å². The van der Waals surface area contributed by atoms with Gasteiger partial charge in [-0.2, -0.15) is 0 Å². The molecule has 1 N–H and O–H groups in total. The Hall–Kier alpha value is -2.32. The Balaban J connectivity index is 1.53. The van der Waals surface area contributed by atoms with E-state index in [1.807, 2.05) is 53.3 Å². The van der Waals surface area contributed by atoms with Crippen LogP contribution in [0.5, 0.6) is 0 Å². The van der Waals surface area contributed by atoms with Crippen LogP contribution in [-0.2, 0) is 11.2 Å². The summed E-state index contributed by atoms with van der Waals surface area (Å²) in [5, 5.41) is 15.7. The van der Waals surface area contributed by atoms with Gasteiger partial charge in [0.15, 0.2) is 5.16 Å². The summed E-state index contributed by atoms with van der Waals surface area (Å²) in [6.07, 6.45) is 0.657. The maximum absolute atomic E-state index is 12.5. The molecule has 5 nitrogen and oxygen atoms in total. The summed E-state index contributed by atoms with van der Waals surface area (Å²) in [4.78, 5) is 13.7. The maximum Gasteiger partial charge on any atom is 0.234 e. The van der Waals surface area contributed by atoms with Gasteiger partial charge in [-0.15, -0.1) is 21.5 Å². The Morgan fingerprint density at radius 2 is 1.87 bits per heavy atom. The molecule has 0 radical (unpaired) electrons. The standard InChI is InChI=1S/C22H18Cl2N4OS2/c1-14-11-16(24)6-9-19(14)25-21(29)13-31-22-27-26-20(12-18-3-2-10-30-18)28(22)17-7-4-15(23)5-8-17/h2-11H,12-13H2,1H3,(H,25,29). The number of thiophene rings is 1. The molecule has 31 heavy (non-hydrogen) atoms. The summed E-state index contributed by atoms with van der Waals surface area (Å²) < 4.78 is 1.97. The first-order valence-electron chi connectivity index (χ1n) is 9.41. The molecule has 2 aromatic heterocycles. The SMILES string of the molecule is Cc1cc(Cl)ccc1NC(=O)CSc1nnc(Cc2cccs2)n1-c1ccc(Cl)cc1. The Morgan fingerprint density at radius 1 is 1.10 bits per heavy atom. The van der Waals surface area contributed by atoms with E-state index in [1.165, 1.54) is 16.6 Å². The van der Waals surface area contributed by atoms with Crippen molar-refractivity contribution in [3.8, 4) is 5.69 Å². The number of thioether (sulfide) groups is 1. The molecule has 1 amide bonds. The highest BCUT2D eigenvalue weighted by Gasteiger charge is 2.17. The van der Waals surface area contributed by atoms with Gasteiger partial charge in [0.05, 0.1) is 5.75 Å². The predicted octanol–water partition coefficient (Wildman–Crippen LogP) is 6.27. The van der Waals surface area contributed by atoms with Crippen molar-refractivity contribution in [2.45, 2.75) is 18.5 Å². The minimum Gasteiger partial charge on any atom is -0.325 e. The number of hydrogen-bond acceptors (Lipinski definition) is 5. The zero-order chi connectivity index (χ0) is 21.8. The molecule has 0 saturated heterocycles. The largest absolute Gasteiger partial charge is 0.325 e. The van der Waals surface area contributed by atoms with E-state index in [0.29, 0.717) is 21.6 Å². The van der Waals surface area contributed by atoms with E-state index >= 15 is 0 Å². The molecule has 0 aliphatic rings. The van der Waals surface area contributed by atoms with E-state index in [0.717, 1.165) is 22.8 Å². The molecule has 0 atom stereocenters. The fourth-order valence-corrected chi connectivity index (χ4v) is 4.84. The highest BCUT2D eigenvalue weighted by atomic mass is 35.5. The summed E-state index contributed by atoms with van der Waals surface area (Å²) in [5.74, 6) is 0.884. The molecule has 2 aromatic carbocycles. The summed E-state index contributed by atoms with van der Waals surface area (Å²) in [6, 6.07) is 17.0. The van der Waals surface area contributed by atoms with Crippen LogP contribution >= 0.6 is 46.3 Å². The van der Waals surface area contributed by atoms with Crippen molar-refractivity contribution in [1.82, 2.24) is 14.8 Å². The van der Waals surface area contributed by atoms with Crippen molar-refractivity contribution in [2.24, 2.45) is 0 Å². The van der Waals surface area contributed by atoms with Crippen molar-refractivity contribution in [2.75, 3.05) is 11.1 Å². The van der Waals surface area contributed by atoms with Crippen LogP contribution in [-0.4, -0.2) is 26.4 Å². The molecule has 0 bridgehead atoms. The van der Waals surface area contributed by atoms with E-state index in [1.54, 1.807) is 23.5 Å². The lowest BCUT2D eigenvalue weighted by Crippen LogP contribution is -2.15. The highest BCUT2D eigenvalue weighted by molar-refractivity contribution is 7.99. The number of aromatic nitrogens is 3. The summed E-state index contributed by atoms with van der Waals surface area (Å²) >= 11 is 15.1. The highest BCUT2D eigenvalue weighted by Crippen LogP contribution is 2.26. The van der Waals surface area contributed by atoms with E-state index in [2.05, 4.69) is 21.6 Å². The first kappa shape index (κ1) is 21.9. The second kappa shape index (κ2) is 9.87. The third-order valence-corrected chi connectivity index (χ3v) is 6.78. The lowest BCUT2D eigenvalue weighted by Gasteiger charge is -2.11. The summed E-state index contributed by atoms with van der Waals surface area (Å²) in [7, 11) is 0. The number of hydrogen-bond donors (Lipinski definition) is 1. The van der Waals surface area contributed by atoms with Crippen molar-refractivity contribution in [1.29, 1.82) is 0 Å². The Morgan fingerprint density at radius 3 is 2.58 bits per heavy atom. The monoisotopic (exact) mass is 488 g/mol. The molecule has 0 saturated carbocycles. The van der Waals surface area contributed by atoms with Crippen molar-refractivity contribution in [3.63, 3.8) is 0 Å². The van der Waals surface area contributed by atoms with Crippen LogP contribution in [0.15, 0.2) is 65.1 Å². The molecular weight excluding hydrogens is 471 g/mol. The second-order valence-corrected chi connectivity index (χ2v) is 9.61. The summed E-state index contributed by atoms with van der Waals surface area (Å²) in [5.41, 5.74) is 2.55. The van der Waals surface area contributed by atoms with Crippen LogP contribution < -0.4 is 5.32 Å². The predicted molar refractivity (Wildman–Crippen MR) is 129 cm³/mol. The average Bonchev–Trinajstić information content (AvgIpc) is 3.40. The van der Waals surface area contributed by atoms with E-state index in [-0.39, 0.29) is 11.7 Å². The van der Waals surface area contributed by atoms with E-state index < -0.39 is 0 Å². The lowest BCUT2D eigenvalue weighted by molar-refractivity contribution is -0.113. The molecule has 0 aliphatic heterocycles. The third-order valence-electron chi connectivity index (χ3n) is 4.49. The van der Waals surface area contributed by atoms with Gasteiger partial charge in [-0.3, -0.25) is 9.36 Å². The second-order valence-electron chi connectivity index (χ2n) is 6.76. The Bertz CT molecular complexity index is 1190. The van der Waals surface area contributed by atoms with Gasteiger partial charge in [0.2, 0.25) is 5.91 Å². The Kier molecular flexibility index (Phi) is 6.97. The number of nitrogens with one attached hydrogen (secondary N) is 1. The van der Waals surface area contributed by atoms with E-state index in [9.17, 15) is 4.79 Å². The topological polar surface area (TPSA) is 59.8 Å². The van der Waals surface area contributed by atoms with Crippen LogP contribution in [0.4, 0.5) is 5.69 Å². The molecule has 4 aromatic rings. The first-order chi connectivity index (χ1) is 15.0. The number of nitrogens with zero attached hydrogens (tertiary/aromatic N) is 3. The lowest BCUT2D eigenvalue weighted by atomic mass is 10.2. The van der Waals surface area contributed by atoms with Gasteiger partial charge < -0.3 is 5.32 Å². The van der Waals surface area contributed by atoms with Gasteiger partial charge in [0.1, 0.15) is 5.82 Å². The number of rotatable bonds is 7. The van der Waals surface area contributed by atoms with Gasteiger partial charge in [0.25, 0.3) is 0 Å². The molecule has 0 unspecified atom stereocenters. The molecule has 4 rings (SSSR count). The fraction of sp³-hybridized carbons (Fsp3) is 0.136. The third kappa shape index (κ3) is 5.49. The molecule has 0 fully saturated rings. The van der Waals surface area contributed by atoms with Crippen molar-refractivity contribution in [3.05, 3.63) is 86.3 Å². The minimum atomic E-state index is -0.124. The average molecular weight is 489 g/mol. The number of halogens is 2. The zero-order valence-corrected chi connectivity index (χ0v) is 19.7. The van der Waals surface area contributed by atoms with Gasteiger partial charge in [-0.25, -0.2) is 0 Å². The number of anilines is 1. The molecular formula is C22H18Cl2N4OS2. The number of amides is 1. The van der Waals surface area contributed by atoms with Crippen LogP contribution in [0.2, 0.25) is 10.0 Å². The van der Waals surface area contributed by atoms with Gasteiger partial charge >= 0.3 is 0 Å². The van der Waals surface area contributed by atoms with Gasteiger partial charge in [-0.05, 0) is 66.4 Å². The number of aryl methyl sites for hydroxylation is 1. The van der Waals surface area contributed by atoms with Gasteiger partial charge in [-0.1, -0.05) is 41.0 Å². The number of carbonyl (C=O) groups excluding carboxylic acids is 1.